The highest BCUT2D eigenvalue weighted by Crippen LogP contribution is 2.41. The van der Waals surface area contributed by atoms with Crippen molar-refractivity contribution in [1.82, 2.24) is 0 Å². The Morgan fingerprint density at radius 1 is 1.28 bits per heavy atom. The van der Waals surface area contributed by atoms with Crippen molar-refractivity contribution in [1.29, 1.82) is 0 Å². The van der Waals surface area contributed by atoms with Crippen molar-refractivity contribution in [3.63, 3.8) is 0 Å². The van der Waals surface area contributed by atoms with Gasteiger partial charge in [-0.2, -0.15) is 0 Å². The molecule has 7 heteroatoms. The molecule has 0 heterocycles. The van der Waals surface area contributed by atoms with E-state index in [-0.39, 0.29) is 22.0 Å². The second kappa shape index (κ2) is 5.72. The number of carboxylic acids is 1. The quantitative estimate of drug-likeness (QED) is 0.501. The zero-order valence-electron chi connectivity index (χ0n) is 9.94. The molecule has 0 bridgehead atoms. The molecule has 0 fully saturated rings. The maximum atomic E-state index is 13.7. The molecular formula is C11H11FO5S. The van der Waals surface area contributed by atoms with Gasteiger partial charge in [-0.1, -0.05) is 0 Å². The summed E-state index contributed by atoms with van der Waals surface area (Å²) in [5, 5.41) is 8.66. The minimum Gasteiger partial charge on any atom is -0.492 e. The highest BCUT2D eigenvalue weighted by molar-refractivity contribution is 7.98. The van der Waals surface area contributed by atoms with Gasteiger partial charge in [-0.3, -0.25) is 4.79 Å². The first-order valence-electron chi connectivity index (χ1n) is 4.74. The van der Waals surface area contributed by atoms with Crippen LogP contribution in [0.15, 0.2) is 11.0 Å². The number of methoxy groups -OCH3 is 2. The van der Waals surface area contributed by atoms with Crippen molar-refractivity contribution in [3.05, 3.63) is 17.4 Å². The molecule has 0 saturated heterocycles. The molecule has 0 amide bonds. The lowest BCUT2D eigenvalue weighted by Gasteiger charge is -2.14. The van der Waals surface area contributed by atoms with Crippen LogP contribution in [0.25, 0.3) is 0 Å². The Kier molecular flexibility index (Phi) is 4.55. The number of benzene rings is 1. The number of ketones is 1. The summed E-state index contributed by atoms with van der Waals surface area (Å²) in [6.45, 7) is 0. The van der Waals surface area contributed by atoms with Gasteiger partial charge in [-0.05, 0) is 12.3 Å². The second-order valence-electron chi connectivity index (χ2n) is 3.14. The van der Waals surface area contributed by atoms with Gasteiger partial charge in [-0.25, -0.2) is 9.18 Å². The molecule has 1 N–H and O–H groups in total. The third-order valence-corrected chi connectivity index (χ3v) is 2.98. The summed E-state index contributed by atoms with van der Waals surface area (Å²) < 4.78 is 23.7. The summed E-state index contributed by atoms with van der Waals surface area (Å²) in [6.07, 6.45) is 1.62. The predicted molar refractivity (Wildman–Crippen MR) is 63.3 cm³/mol. The lowest BCUT2D eigenvalue weighted by atomic mass is 10.1. The maximum absolute atomic E-state index is 13.7. The number of hydrogen-bond donors (Lipinski definition) is 1. The topological polar surface area (TPSA) is 72.8 Å². The SMILES string of the molecule is COc1c(C(=O)C(=O)O)cc(F)c(SC)c1OC. The number of carbonyl (C=O) groups excluding carboxylic acids is 1. The fourth-order valence-corrected chi connectivity index (χ4v) is 2.07. The van der Waals surface area contributed by atoms with Crippen molar-refractivity contribution in [2.24, 2.45) is 0 Å². The number of thioether (sulfide) groups is 1. The highest BCUT2D eigenvalue weighted by atomic mass is 32.2. The first kappa shape index (κ1) is 14.3. The Balaban J connectivity index is 3.59. The molecule has 0 saturated carbocycles. The average Bonchev–Trinajstić information content (AvgIpc) is 2.35. The summed E-state index contributed by atoms with van der Waals surface area (Å²) in [5.41, 5.74) is -0.378. The van der Waals surface area contributed by atoms with E-state index in [0.717, 1.165) is 17.8 Å². The molecule has 1 rings (SSSR count). The average molecular weight is 274 g/mol. The van der Waals surface area contributed by atoms with E-state index in [4.69, 9.17) is 14.6 Å². The summed E-state index contributed by atoms with van der Waals surface area (Å²) in [5.74, 6) is -3.75. The van der Waals surface area contributed by atoms with E-state index in [1.165, 1.54) is 14.2 Å². The number of Topliss-reactive ketones (excluding diaryl/α,β-unsaturated/α-hetero) is 1. The first-order valence-corrected chi connectivity index (χ1v) is 5.96. The fraction of sp³-hybridized carbons (Fsp3) is 0.273. The molecule has 0 aliphatic rings. The van der Waals surface area contributed by atoms with E-state index in [1.54, 1.807) is 6.26 Å². The van der Waals surface area contributed by atoms with Crippen molar-refractivity contribution < 1.29 is 28.6 Å². The number of hydrogen-bond acceptors (Lipinski definition) is 5. The van der Waals surface area contributed by atoms with Crippen LogP contribution in [0.4, 0.5) is 4.39 Å². The van der Waals surface area contributed by atoms with Gasteiger partial charge in [0.1, 0.15) is 5.82 Å². The van der Waals surface area contributed by atoms with Gasteiger partial charge < -0.3 is 14.6 Å². The number of rotatable bonds is 5. The smallest absolute Gasteiger partial charge is 0.377 e. The van der Waals surface area contributed by atoms with Crippen LogP contribution in [0.1, 0.15) is 10.4 Å². The zero-order chi connectivity index (χ0) is 13.9. The Labute approximate surface area is 107 Å². The Morgan fingerprint density at radius 2 is 1.83 bits per heavy atom. The first-order chi connectivity index (χ1) is 8.47. The third kappa shape index (κ3) is 2.40. The minimum atomic E-state index is -1.69. The monoisotopic (exact) mass is 274 g/mol. The van der Waals surface area contributed by atoms with E-state index in [1.807, 2.05) is 0 Å². The third-order valence-electron chi connectivity index (χ3n) is 2.20. The van der Waals surface area contributed by atoms with Crippen LogP contribution in [0.2, 0.25) is 0 Å². The number of carbonyl (C=O) groups is 2. The molecule has 0 aliphatic heterocycles. The molecule has 0 aliphatic carbocycles. The number of carboxylic acid groups (broad SMARTS) is 1. The van der Waals surface area contributed by atoms with Crippen molar-refractivity contribution in [2.75, 3.05) is 20.5 Å². The van der Waals surface area contributed by atoms with E-state index >= 15 is 0 Å². The fourth-order valence-electron chi connectivity index (χ4n) is 1.45. The van der Waals surface area contributed by atoms with Crippen LogP contribution < -0.4 is 9.47 Å². The van der Waals surface area contributed by atoms with E-state index < -0.39 is 17.6 Å². The number of halogens is 1. The van der Waals surface area contributed by atoms with Crippen molar-refractivity contribution in [2.45, 2.75) is 4.90 Å². The Bertz CT molecular complexity index is 501. The molecule has 98 valence electrons. The standard InChI is InChI=1S/C11H11FO5S/c1-16-8-5(7(13)11(14)15)4-6(12)10(18-3)9(8)17-2/h4H,1-3H3,(H,14,15). The maximum Gasteiger partial charge on any atom is 0.377 e. The Hall–Kier alpha value is -1.76. The minimum absolute atomic E-state index is 0.00889. The second-order valence-corrected chi connectivity index (χ2v) is 3.96. The van der Waals surface area contributed by atoms with Gasteiger partial charge in [0.2, 0.25) is 0 Å². The van der Waals surface area contributed by atoms with Crippen molar-refractivity contribution >= 4 is 23.5 Å². The van der Waals surface area contributed by atoms with Gasteiger partial charge in [0, 0.05) is 0 Å². The molecule has 0 radical (unpaired) electrons. The summed E-state index contributed by atoms with van der Waals surface area (Å²) in [4.78, 5) is 22.2. The van der Waals surface area contributed by atoms with E-state index in [0.29, 0.717) is 0 Å². The molecular weight excluding hydrogens is 263 g/mol. The van der Waals surface area contributed by atoms with E-state index in [2.05, 4.69) is 0 Å². The molecule has 0 aromatic heterocycles. The summed E-state index contributed by atoms with van der Waals surface area (Å²) in [6, 6.07) is 0.837. The van der Waals surface area contributed by atoms with Gasteiger partial charge in [-0.15, -0.1) is 11.8 Å². The van der Waals surface area contributed by atoms with E-state index in [9.17, 15) is 14.0 Å². The van der Waals surface area contributed by atoms with Crippen LogP contribution in [0, 0.1) is 5.82 Å². The van der Waals surface area contributed by atoms with Gasteiger partial charge in [0.05, 0.1) is 24.7 Å². The number of ether oxygens (including phenoxy) is 2. The molecule has 1 aromatic carbocycles. The molecule has 5 nitrogen and oxygen atoms in total. The van der Waals surface area contributed by atoms with Crippen LogP contribution >= 0.6 is 11.8 Å². The van der Waals surface area contributed by atoms with Crippen LogP contribution in [-0.2, 0) is 4.79 Å². The molecule has 18 heavy (non-hydrogen) atoms. The lowest BCUT2D eigenvalue weighted by molar-refractivity contribution is -0.131. The normalized spacial score (nSPS) is 10.0. The predicted octanol–water partition coefficient (Wildman–Crippen LogP) is 1.83. The molecule has 1 aromatic rings. The molecule has 0 spiro atoms. The van der Waals surface area contributed by atoms with Crippen LogP contribution in [0.5, 0.6) is 11.5 Å². The van der Waals surface area contributed by atoms with Gasteiger partial charge in [0.15, 0.2) is 11.5 Å². The summed E-state index contributed by atoms with van der Waals surface area (Å²) >= 11 is 1.07. The zero-order valence-corrected chi connectivity index (χ0v) is 10.8. The highest BCUT2D eigenvalue weighted by Gasteiger charge is 2.26. The lowest BCUT2D eigenvalue weighted by Crippen LogP contribution is -2.15. The number of aliphatic carboxylic acids is 1. The van der Waals surface area contributed by atoms with Gasteiger partial charge >= 0.3 is 5.97 Å². The summed E-state index contributed by atoms with van der Waals surface area (Å²) in [7, 11) is 2.53. The molecule has 0 atom stereocenters. The van der Waals surface area contributed by atoms with Crippen LogP contribution in [-0.4, -0.2) is 37.3 Å². The Morgan fingerprint density at radius 3 is 2.22 bits per heavy atom. The molecule has 0 unspecified atom stereocenters. The van der Waals surface area contributed by atoms with Crippen LogP contribution in [0.3, 0.4) is 0 Å². The largest absolute Gasteiger partial charge is 0.492 e. The van der Waals surface area contributed by atoms with Gasteiger partial charge in [0.25, 0.3) is 5.78 Å². The van der Waals surface area contributed by atoms with Crippen molar-refractivity contribution in [3.8, 4) is 11.5 Å².